The molecule has 7 nitrogen and oxygen atoms in total. The van der Waals surface area contributed by atoms with Crippen LogP contribution in [-0.2, 0) is 23.0 Å². The molecule has 4 rings (SSSR count). The van der Waals surface area contributed by atoms with Gasteiger partial charge in [0.15, 0.2) is 0 Å². The maximum atomic E-state index is 13.2. The van der Waals surface area contributed by atoms with Gasteiger partial charge in [0.2, 0.25) is 10.0 Å². The normalized spacial score (nSPS) is 20.9. The maximum absolute atomic E-state index is 13.2. The Morgan fingerprint density at radius 3 is 2.62 bits per heavy atom. The summed E-state index contributed by atoms with van der Waals surface area (Å²) in [6, 6.07) is 6.06. The van der Waals surface area contributed by atoms with Gasteiger partial charge in [-0.15, -0.1) is 0 Å². The smallest absolute Gasteiger partial charge is 0.255 e. The number of aromatic amines is 1. The molecule has 1 N–H and O–H groups in total. The van der Waals surface area contributed by atoms with Gasteiger partial charge in [0.25, 0.3) is 5.56 Å². The van der Waals surface area contributed by atoms with E-state index in [9.17, 15) is 13.2 Å². The van der Waals surface area contributed by atoms with Crippen LogP contribution < -0.4 is 5.56 Å². The summed E-state index contributed by atoms with van der Waals surface area (Å²) in [6.07, 6.45) is 2.05. The van der Waals surface area contributed by atoms with Crippen LogP contribution in [0.2, 0.25) is 5.02 Å². The third-order valence-corrected chi connectivity index (χ3v) is 7.96. The van der Waals surface area contributed by atoms with Crippen LogP contribution in [-0.4, -0.2) is 46.7 Å². The molecule has 29 heavy (non-hydrogen) atoms. The van der Waals surface area contributed by atoms with Crippen LogP contribution in [0.25, 0.3) is 0 Å². The Balaban J connectivity index is 1.67. The van der Waals surface area contributed by atoms with E-state index in [-0.39, 0.29) is 10.5 Å². The van der Waals surface area contributed by atoms with Crippen molar-refractivity contribution in [3.63, 3.8) is 0 Å². The molecule has 1 unspecified atom stereocenters. The number of benzene rings is 1. The minimum Gasteiger partial charge on any atom is -0.309 e. The molecule has 3 heterocycles. The van der Waals surface area contributed by atoms with E-state index in [0.717, 1.165) is 18.7 Å². The lowest BCUT2D eigenvalue weighted by Crippen LogP contribution is -2.40. The van der Waals surface area contributed by atoms with Crippen molar-refractivity contribution in [3.05, 3.63) is 56.7 Å². The molecule has 0 spiro atoms. The number of fused-ring (bicyclic) bond motifs is 1. The molecule has 2 aromatic rings. The molecular formula is C20H25ClN4O3S. The van der Waals surface area contributed by atoms with E-state index in [1.165, 1.54) is 16.4 Å². The second-order valence-electron chi connectivity index (χ2n) is 7.92. The molecular weight excluding hydrogens is 412 g/mol. The molecule has 0 saturated carbocycles. The molecule has 0 bridgehead atoms. The standard InChI is InChI=1S/C20H25ClN4O3S/c1-13(2)24-11-9-17-16(12-24)20(26)23-19(22-17)18-4-3-10-25(18)29(27,28)15-7-5-14(21)6-8-15/h5-8,13,18H,3-4,9-12H2,1-2H3,(H,22,23,26). The fraction of sp³-hybridized carbons (Fsp3) is 0.500. The predicted octanol–water partition coefficient (Wildman–Crippen LogP) is 2.72. The molecule has 1 fully saturated rings. The molecule has 1 aromatic carbocycles. The Kier molecular flexibility index (Phi) is 5.54. The minimum absolute atomic E-state index is 0.161. The number of rotatable bonds is 4. The number of H-pyrrole nitrogens is 1. The van der Waals surface area contributed by atoms with Crippen molar-refractivity contribution in [3.8, 4) is 0 Å². The summed E-state index contributed by atoms with van der Waals surface area (Å²) < 4.78 is 27.8. The van der Waals surface area contributed by atoms with Gasteiger partial charge >= 0.3 is 0 Å². The molecule has 9 heteroatoms. The summed E-state index contributed by atoms with van der Waals surface area (Å²) in [7, 11) is -3.70. The largest absolute Gasteiger partial charge is 0.309 e. The lowest BCUT2D eigenvalue weighted by molar-refractivity contribution is 0.200. The second kappa shape index (κ2) is 7.83. The summed E-state index contributed by atoms with van der Waals surface area (Å²) >= 11 is 5.90. The zero-order chi connectivity index (χ0) is 20.8. The van der Waals surface area contributed by atoms with Gasteiger partial charge in [-0.3, -0.25) is 9.69 Å². The summed E-state index contributed by atoms with van der Waals surface area (Å²) in [5.41, 5.74) is 1.32. The van der Waals surface area contributed by atoms with Crippen molar-refractivity contribution in [2.75, 3.05) is 13.1 Å². The first-order valence-electron chi connectivity index (χ1n) is 9.91. The SMILES string of the molecule is CC(C)N1CCc2nc(C3CCCN3S(=O)(=O)c3ccc(Cl)cc3)[nH]c(=O)c2C1. The van der Waals surface area contributed by atoms with Gasteiger partial charge in [-0.05, 0) is 51.0 Å². The van der Waals surface area contributed by atoms with Crippen molar-refractivity contribution in [1.82, 2.24) is 19.2 Å². The molecule has 1 atom stereocenters. The molecule has 156 valence electrons. The number of halogens is 1. The Labute approximate surface area is 175 Å². The lowest BCUT2D eigenvalue weighted by atomic mass is 10.0. The van der Waals surface area contributed by atoms with Gasteiger partial charge in [0.05, 0.1) is 22.2 Å². The van der Waals surface area contributed by atoms with Crippen LogP contribution >= 0.6 is 11.6 Å². The highest BCUT2D eigenvalue weighted by atomic mass is 35.5. The average Bonchev–Trinajstić information content (AvgIpc) is 3.19. The first kappa shape index (κ1) is 20.5. The van der Waals surface area contributed by atoms with E-state index in [1.807, 2.05) is 0 Å². The quantitative estimate of drug-likeness (QED) is 0.796. The van der Waals surface area contributed by atoms with Gasteiger partial charge in [-0.2, -0.15) is 4.31 Å². The maximum Gasteiger partial charge on any atom is 0.255 e. The van der Waals surface area contributed by atoms with Gasteiger partial charge in [-0.1, -0.05) is 11.6 Å². The van der Waals surface area contributed by atoms with Crippen LogP contribution in [0.15, 0.2) is 34.0 Å². The Morgan fingerprint density at radius 2 is 1.93 bits per heavy atom. The van der Waals surface area contributed by atoms with Gasteiger partial charge in [0, 0.05) is 37.1 Å². The predicted molar refractivity (Wildman–Crippen MR) is 111 cm³/mol. The zero-order valence-electron chi connectivity index (χ0n) is 16.6. The highest BCUT2D eigenvalue weighted by Crippen LogP contribution is 2.35. The summed E-state index contributed by atoms with van der Waals surface area (Å²) in [6.45, 7) is 6.04. The third-order valence-electron chi connectivity index (χ3n) is 5.79. The van der Waals surface area contributed by atoms with Crippen molar-refractivity contribution >= 4 is 21.6 Å². The zero-order valence-corrected chi connectivity index (χ0v) is 18.1. The molecule has 1 saturated heterocycles. The Bertz CT molecular complexity index is 1070. The van der Waals surface area contributed by atoms with E-state index in [1.54, 1.807) is 12.1 Å². The fourth-order valence-electron chi connectivity index (χ4n) is 4.11. The summed E-state index contributed by atoms with van der Waals surface area (Å²) in [5, 5.41) is 0.484. The Morgan fingerprint density at radius 1 is 1.21 bits per heavy atom. The van der Waals surface area contributed by atoms with Crippen LogP contribution in [0.3, 0.4) is 0 Å². The van der Waals surface area contributed by atoms with Gasteiger partial charge in [0.1, 0.15) is 5.82 Å². The topological polar surface area (TPSA) is 86.4 Å². The number of nitrogens with zero attached hydrogens (tertiary/aromatic N) is 3. The van der Waals surface area contributed by atoms with Crippen molar-refractivity contribution < 1.29 is 8.42 Å². The lowest BCUT2D eigenvalue weighted by Gasteiger charge is -2.31. The number of hydrogen-bond acceptors (Lipinski definition) is 5. The van der Waals surface area contributed by atoms with Crippen molar-refractivity contribution in [2.24, 2.45) is 0 Å². The number of hydrogen-bond donors (Lipinski definition) is 1. The first-order valence-corrected chi connectivity index (χ1v) is 11.7. The Hall–Kier alpha value is -1.74. The average molecular weight is 437 g/mol. The van der Waals surface area contributed by atoms with Crippen LogP contribution in [0, 0.1) is 0 Å². The van der Waals surface area contributed by atoms with Crippen LogP contribution in [0.1, 0.15) is 49.8 Å². The van der Waals surface area contributed by atoms with Gasteiger partial charge < -0.3 is 4.98 Å². The molecule has 1 aromatic heterocycles. The first-order chi connectivity index (χ1) is 13.8. The molecule has 0 amide bonds. The minimum atomic E-state index is -3.70. The highest BCUT2D eigenvalue weighted by Gasteiger charge is 2.38. The van der Waals surface area contributed by atoms with E-state index < -0.39 is 16.1 Å². The van der Waals surface area contributed by atoms with E-state index in [0.29, 0.717) is 48.4 Å². The number of sulfonamides is 1. The van der Waals surface area contributed by atoms with E-state index in [2.05, 4.69) is 23.7 Å². The van der Waals surface area contributed by atoms with Crippen LogP contribution in [0.4, 0.5) is 0 Å². The highest BCUT2D eigenvalue weighted by molar-refractivity contribution is 7.89. The van der Waals surface area contributed by atoms with E-state index in [4.69, 9.17) is 16.6 Å². The number of aromatic nitrogens is 2. The van der Waals surface area contributed by atoms with E-state index >= 15 is 0 Å². The molecule has 0 aliphatic carbocycles. The van der Waals surface area contributed by atoms with Crippen molar-refractivity contribution in [1.29, 1.82) is 0 Å². The summed E-state index contributed by atoms with van der Waals surface area (Å²) in [5.74, 6) is 0.446. The molecule has 2 aliphatic rings. The molecule has 2 aliphatic heterocycles. The second-order valence-corrected chi connectivity index (χ2v) is 10.2. The third kappa shape index (κ3) is 3.86. The number of nitrogens with one attached hydrogen (secondary N) is 1. The monoisotopic (exact) mass is 436 g/mol. The van der Waals surface area contributed by atoms with Crippen LogP contribution in [0.5, 0.6) is 0 Å². The molecule has 0 radical (unpaired) electrons. The van der Waals surface area contributed by atoms with Crippen molar-refractivity contribution in [2.45, 2.75) is 56.6 Å². The fourth-order valence-corrected chi connectivity index (χ4v) is 5.89. The summed E-state index contributed by atoms with van der Waals surface area (Å²) in [4.78, 5) is 22.8. The van der Waals surface area contributed by atoms with Gasteiger partial charge in [-0.25, -0.2) is 13.4 Å².